The predicted molar refractivity (Wildman–Crippen MR) is 149 cm³/mol. The van der Waals surface area contributed by atoms with E-state index in [0.717, 1.165) is 16.7 Å². The van der Waals surface area contributed by atoms with Gasteiger partial charge in [-0.15, -0.1) is 0 Å². The largest absolute Gasteiger partial charge is 0.322 e. The first-order valence-corrected chi connectivity index (χ1v) is 12.8. The highest BCUT2D eigenvalue weighted by Gasteiger charge is 2.51. The molecule has 1 fully saturated rings. The summed E-state index contributed by atoms with van der Waals surface area (Å²) in [6.07, 6.45) is 6.03. The van der Waals surface area contributed by atoms with Crippen molar-refractivity contribution in [3.05, 3.63) is 77.5 Å². The molecule has 5 rings (SSSR count). The van der Waals surface area contributed by atoms with Gasteiger partial charge in [-0.05, 0) is 75.6 Å². The lowest BCUT2D eigenvalue weighted by atomic mass is 9.90. The minimum Gasteiger partial charge on any atom is -0.322 e. The van der Waals surface area contributed by atoms with Crippen LogP contribution in [0.4, 0.5) is 5.69 Å². The predicted octanol–water partition coefficient (Wildman–Crippen LogP) is 4.12. The van der Waals surface area contributed by atoms with E-state index in [1.807, 2.05) is 25.1 Å². The smallest absolute Gasteiger partial charge is 0.255 e. The van der Waals surface area contributed by atoms with Crippen molar-refractivity contribution in [1.29, 1.82) is 10.5 Å². The molecule has 0 spiro atoms. The molecule has 3 heterocycles. The minimum atomic E-state index is -0.930. The molecular weight excluding hydrogens is 504 g/mol. The summed E-state index contributed by atoms with van der Waals surface area (Å²) >= 11 is 0. The Morgan fingerprint density at radius 3 is 2.52 bits per heavy atom. The maximum absolute atomic E-state index is 13.0. The third kappa shape index (κ3) is 5.20. The van der Waals surface area contributed by atoms with E-state index < -0.39 is 10.8 Å². The molecule has 2 N–H and O–H groups in total. The summed E-state index contributed by atoms with van der Waals surface area (Å²) in [5.74, 6) is 0.231. The molecule has 1 aliphatic heterocycles. The zero-order chi connectivity index (χ0) is 28.5. The molecule has 0 unspecified atom stereocenters. The topological polar surface area (TPSA) is 157 Å². The fraction of sp³-hybridized carbons (Fsp3) is 0.267. The van der Waals surface area contributed by atoms with Gasteiger partial charge in [0.05, 0.1) is 35.5 Å². The summed E-state index contributed by atoms with van der Waals surface area (Å²) in [4.78, 5) is 43.2. The van der Waals surface area contributed by atoms with E-state index >= 15 is 0 Å². The number of amidine groups is 1. The summed E-state index contributed by atoms with van der Waals surface area (Å²) in [5.41, 5.74) is 2.95. The quantitative estimate of drug-likeness (QED) is 0.485. The second-order valence-corrected chi connectivity index (χ2v) is 10.4. The van der Waals surface area contributed by atoms with Crippen molar-refractivity contribution in [3.63, 3.8) is 0 Å². The van der Waals surface area contributed by atoms with Crippen LogP contribution in [0.3, 0.4) is 0 Å². The molecule has 1 aromatic carbocycles. The van der Waals surface area contributed by atoms with E-state index in [-0.39, 0.29) is 11.8 Å². The number of pyridine rings is 1. The number of nitrogens with zero attached hydrogens (tertiary/aromatic N) is 6. The number of aryl methyl sites for hydroxylation is 1. The molecule has 3 aromatic rings. The fourth-order valence-electron chi connectivity index (χ4n) is 4.20. The molecule has 10 nitrogen and oxygen atoms in total. The van der Waals surface area contributed by atoms with Crippen LogP contribution < -0.4 is 10.6 Å². The Morgan fingerprint density at radius 2 is 1.80 bits per heavy atom. The molecule has 0 saturated heterocycles. The van der Waals surface area contributed by atoms with Crippen LogP contribution in [0.1, 0.15) is 54.1 Å². The maximum Gasteiger partial charge on any atom is 0.255 e. The van der Waals surface area contributed by atoms with E-state index in [1.165, 1.54) is 6.20 Å². The molecular formula is C30H26N8O2. The molecule has 198 valence electrons. The van der Waals surface area contributed by atoms with Gasteiger partial charge in [-0.3, -0.25) is 19.6 Å². The fourth-order valence-corrected chi connectivity index (χ4v) is 4.20. The number of aliphatic imine (C=N–C) groups is 1. The van der Waals surface area contributed by atoms with E-state index in [2.05, 4.69) is 37.7 Å². The van der Waals surface area contributed by atoms with Gasteiger partial charge in [0.2, 0.25) is 5.91 Å². The standard InChI is InChI=1S/C30H26N8O2/c1-18-4-5-21(36-27(39)19-6-10-33-24(12-19)29(2,3)16-31)14-22(18)23-7-11-34-26(37-23)20-13-25(35-15-20)38-28(40)30(17-32)8-9-30/h4-7,10-14H,8-9,15H2,1-3H3,(H,36,39)(H,35,38,40). The Balaban J connectivity index is 1.34. The van der Waals surface area contributed by atoms with Crippen LogP contribution in [-0.4, -0.2) is 39.1 Å². The summed E-state index contributed by atoms with van der Waals surface area (Å²) in [5, 5.41) is 24.3. The third-order valence-electron chi connectivity index (χ3n) is 7.03. The molecule has 1 aliphatic carbocycles. The van der Waals surface area contributed by atoms with Gasteiger partial charge in [0.25, 0.3) is 5.91 Å². The summed E-state index contributed by atoms with van der Waals surface area (Å²) in [7, 11) is 0. The molecule has 2 aliphatic rings. The van der Waals surface area contributed by atoms with Crippen molar-refractivity contribution < 1.29 is 9.59 Å². The number of anilines is 1. The van der Waals surface area contributed by atoms with Gasteiger partial charge in [0.1, 0.15) is 11.3 Å². The number of nitrogens with one attached hydrogen (secondary N) is 2. The molecule has 2 amide bonds. The van der Waals surface area contributed by atoms with Gasteiger partial charge in [-0.25, -0.2) is 9.97 Å². The number of carbonyl (C=O) groups is 2. The van der Waals surface area contributed by atoms with Gasteiger partial charge >= 0.3 is 0 Å². The summed E-state index contributed by atoms with van der Waals surface area (Å²) in [6, 6.07) is 14.9. The van der Waals surface area contributed by atoms with Crippen LogP contribution in [0.25, 0.3) is 16.8 Å². The lowest BCUT2D eigenvalue weighted by Crippen LogP contribution is -2.34. The molecule has 10 heteroatoms. The lowest BCUT2D eigenvalue weighted by molar-refractivity contribution is -0.122. The zero-order valence-electron chi connectivity index (χ0n) is 22.3. The van der Waals surface area contributed by atoms with Crippen molar-refractivity contribution in [3.8, 4) is 23.4 Å². The van der Waals surface area contributed by atoms with Crippen LogP contribution in [0.2, 0.25) is 0 Å². The number of carbonyl (C=O) groups excluding carboxylic acids is 2. The molecule has 2 aromatic heterocycles. The normalized spacial score (nSPS) is 15.2. The van der Waals surface area contributed by atoms with Gasteiger partial charge in [0.15, 0.2) is 5.82 Å². The number of hydrogen-bond donors (Lipinski definition) is 2. The van der Waals surface area contributed by atoms with E-state index in [9.17, 15) is 20.1 Å². The van der Waals surface area contributed by atoms with Crippen LogP contribution in [0.5, 0.6) is 0 Å². The second kappa shape index (κ2) is 10.2. The lowest BCUT2D eigenvalue weighted by Gasteiger charge is -2.15. The summed E-state index contributed by atoms with van der Waals surface area (Å²) < 4.78 is 0. The maximum atomic E-state index is 13.0. The Labute approximate surface area is 231 Å². The van der Waals surface area contributed by atoms with E-state index in [4.69, 9.17) is 4.98 Å². The number of nitriles is 2. The van der Waals surface area contributed by atoms with Crippen LogP contribution >= 0.6 is 0 Å². The van der Waals surface area contributed by atoms with Gasteiger partial charge < -0.3 is 10.6 Å². The Morgan fingerprint density at radius 1 is 1.02 bits per heavy atom. The first-order valence-electron chi connectivity index (χ1n) is 12.8. The summed E-state index contributed by atoms with van der Waals surface area (Å²) in [6.45, 7) is 5.77. The van der Waals surface area contributed by atoms with Crippen molar-refractivity contribution >= 4 is 28.9 Å². The third-order valence-corrected chi connectivity index (χ3v) is 7.03. The van der Waals surface area contributed by atoms with Gasteiger partial charge in [-0.1, -0.05) is 6.07 Å². The number of rotatable bonds is 6. The van der Waals surface area contributed by atoms with Gasteiger partial charge in [-0.2, -0.15) is 10.5 Å². The average Bonchev–Trinajstić information content (AvgIpc) is 3.65. The van der Waals surface area contributed by atoms with Crippen molar-refractivity contribution in [2.75, 3.05) is 11.9 Å². The van der Waals surface area contributed by atoms with Gasteiger partial charge in [0, 0.05) is 34.8 Å². The number of hydrogen-bond acceptors (Lipinski definition) is 8. The number of amides is 2. The van der Waals surface area contributed by atoms with E-state index in [1.54, 1.807) is 44.3 Å². The molecule has 0 radical (unpaired) electrons. The van der Waals surface area contributed by atoms with E-state index in [0.29, 0.717) is 53.7 Å². The highest BCUT2D eigenvalue weighted by Crippen LogP contribution is 2.45. The van der Waals surface area contributed by atoms with Crippen molar-refractivity contribution in [2.24, 2.45) is 10.4 Å². The highest BCUT2D eigenvalue weighted by molar-refractivity contribution is 6.12. The van der Waals surface area contributed by atoms with Crippen molar-refractivity contribution in [1.82, 2.24) is 20.3 Å². The molecule has 40 heavy (non-hydrogen) atoms. The van der Waals surface area contributed by atoms with Crippen LogP contribution in [0.15, 0.2) is 59.9 Å². The molecule has 0 bridgehead atoms. The monoisotopic (exact) mass is 530 g/mol. The highest BCUT2D eigenvalue weighted by atomic mass is 16.2. The number of aromatic nitrogens is 3. The number of benzene rings is 1. The van der Waals surface area contributed by atoms with Crippen LogP contribution in [-0.2, 0) is 10.2 Å². The average molecular weight is 531 g/mol. The molecule has 1 saturated carbocycles. The molecule has 0 atom stereocenters. The Hall–Kier alpha value is -5.22. The van der Waals surface area contributed by atoms with Crippen molar-refractivity contribution in [2.45, 2.75) is 39.0 Å². The Kier molecular flexibility index (Phi) is 6.70. The second-order valence-electron chi connectivity index (χ2n) is 10.4. The van der Waals surface area contributed by atoms with Crippen LogP contribution in [0, 0.1) is 35.0 Å². The first kappa shape index (κ1) is 26.4. The zero-order valence-corrected chi connectivity index (χ0v) is 22.3. The SMILES string of the molecule is Cc1ccc(NC(=O)c2ccnc(C(C)(C)C#N)c2)cc1-c1ccnc(C2=CC(NC(=O)C3(C#N)CC3)=NC2)n1. The first-order chi connectivity index (χ1) is 19.1. The Bertz CT molecular complexity index is 1690. The minimum absolute atomic E-state index is 0.310.